The van der Waals surface area contributed by atoms with E-state index in [9.17, 15) is 13.2 Å². The van der Waals surface area contributed by atoms with E-state index in [0.717, 1.165) is 18.9 Å². The van der Waals surface area contributed by atoms with Crippen LogP contribution in [0.25, 0.3) is 0 Å². The van der Waals surface area contributed by atoms with Gasteiger partial charge < -0.3 is 15.4 Å². The van der Waals surface area contributed by atoms with Crippen LogP contribution in [0.4, 0.5) is 18.9 Å². The summed E-state index contributed by atoms with van der Waals surface area (Å²) in [5, 5.41) is 0. The Hall–Kier alpha value is -1.27. The summed E-state index contributed by atoms with van der Waals surface area (Å²) in [6.07, 6.45) is -2.70. The zero-order valence-electron chi connectivity index (χ0n) is 12.1. The van der Waals surface area contributed by atoms with E-state index >= 15 is 0 Å². The molecule has 2 N–H and O–H groups in total. The Morgan fingerprint density at radius 1 is 1.29 bits per heavy atom. The van der Waals surface area contributed by atoms with Gasteiger partial charge in [0.15, 0.2) is 0 Å². The van der Waals surface area contributed by atoms with Crippen LogP contribution in [0, 0.1) is 0 Å². The zero-order chi connectivity index (χ0) is 15.5. The van der Waals surface area contributed by atoms with E-state index in [1.54, 1.807) is 11.0 Å². The highest BCUT2D eigenvalue weighted by molar-refractivity contribution is 5.56. The molecule has 1 aliphatic rings. The van der Waals surface area contributed by atoms with Crippen LogP contribution >= 0.6 is 0 Å². The topological polar surface area (TPSA) is 38.5 Å². The monoisotopic (exact) mass is 302 g/mol. The lowest BCUT2D eigenvalue weighted by Gasteiger charge is -2.35. The lowest BCUT2D eigenvalue weighted by atomic mass is 10.0. The van der Waals surface area contributed by atoms with Crippen LogP contribution in [0.15, 0.2) is 18.2 Å². The average Bonchev–Trinajstić information content (AvgIpc) is 2.47. The lowest BCUT2D eigenvalue weighted by molar-refractivity contribution is -0.137. The summed E-state index contributed by atoms with van der Waals surface area (Å²) in [6.45, 7) is 3.84. The highest BCUT2D eigenvalue weighted by atomic mass is 19.4. The SMILES string of the molecule is CCOC1CCN(c2ccc(CN)cc2C(F)(F)F)CC1. The Kier molecular flexibility index (Phi) is 5.11. The fourth-order valence-electron chi connectivity index (χ4n) is 2.71. The number of halogens is 3. The minimum Gasteiger partial charge on any atom is -0.378 e. The molecule has 2 rings (SSSR count). The molecule has 0 saturated carbocycles. The van der Waals surface area contributed by atoms with Crippen molar-refractivity contribution in [2.24, 2.45) is 5.73 Å². The third-order valence-electron chi connectivity index (χ3n) is 3.79. The second-order valence-corrected chi connectivity index (χ2v) is 5.20. The predicted molar refractivity (Wildman–Crippen MR) is 76.2 cm³/mol. The van der Waals surface area contributed by atoms with Gasteiger partial charge in [-0.2, -0.15) is 13.2 Å². The molecule has 21 heavy (non-hydrogen) atoms. The highest BCUT2D eigenvalue weighted by Gasteiger charge is 2.35. The van der Waals surface area contributed by atoms with E-state index in [4.69, 9.17) is 10.5 Å². The smallest absolute Gasteiger partial charge is 0.378 e. The molecule has 0 radical (unpaired) electrons. The standard InChI is InChI=1S/C15H21F3N2O/c1-2-21-12-5-7-20(8-6-12)14-4-3-11(10-19)9-13(14)15(16,17)18/h3-4,9,12H,2,5-8,10,19H2,1H3. The fourth-order valence-corrected chi connectivity index (χ4v) is 2.71. The quantitative estimate of drug-likeness (QED) is 0.928. The minimum atomic E-state index is -4.36. The van der Waals surface area contributed by atoms with Crippen molar-refractivity contribution in [3.63, 3.8) is 0 Å². The first-order valence-electron chi connectivity index (χ1n) is 7.22. The zero-order valence-corrected chi connectivity index (χ0v) is 12.1. The summed E-state index contributed by atoms with van der Waals surface area (Å²) >= 11 is 0. The molecular weight excluding hydrogens is 281 g/mol. The number of hydrogen-bond donors (Lipinski definition) is 1. The Morgan fingerprint density at radius 3 is 2.48 bits per heavy atom. The summed E-state index contributed by atoms with van der Waals surface area (Å²) in [5.74, 6) is 0. The molecule has 0 bridgehead atoms. The lowest BCUT2D eigenvalue weighted by Crippen LogP contribution is -2.38. The van der Waals surface area contributed by atoms with Gasteiger partial charge in [-0.15, -0.1) is 0 Å². The van der Waals surface area contributed by atoms with E-state index in [2.05, 4.69) is 0 Å². The molecular formula is C15H21F3N2O. The van der Waals surface area contributed by atoms with Crippen molar-refractivity contribution in [2.75, 3.05) is 24.6 Å². The second kappa shape index (κ2) is 6.66. The van der Waals surface area contributed by atoms with Gasteiger partial charge in [0, 0.05) is 31.9 Å². The first-order chi connectivity index (χ1) is 9.95. The van der Waals surface area contributed by atoms with Gasteiger partial charge in [-0.1, -0.05) is 6.07 Å². The van der Waals surface area contributed by atoms with Crippen LogP contribution in [0.5, 0.6) is 0 Å². The Balaban J connectivity index is 2.20. The minimum absolute atomic E-state index is 0.107. The molecule has 0 aliphatic carbocycles. The summed E-state index contributed by atoms with van der Waals surface area (Å²) in [5.41, 5.74) is 5.59. The number of rotatable bonds is 4. The van der Waals surface area contributed by atoms with Gasteiger partial charge >= 0.3 is 6.18 Å². The summed E-state index contributed by atoms with van der Waals surface area (Å²) in [6, 6.07) is 4.36. The van der Waals surface area contributed by atoms with Gasteiger partial charge in [0.1, 0.15) is 0 Å². The molecule has 1 fully saturated rings. The van der Waals surface area contributed by atoms with Gasteiger partial charge in [0.2, 0.25) is 0 Å². The predicted octanol–water partition coefficient (Wildman–Crippen LogP) is 3.17. The third kappa shape index (κ3) is 3.89. The van der Waals surface area contributed by atoms with Crippen molar-refractivity contribution in [1.82, 2.24) is 0 Å². The summed E-state index contributed by atoms with van der Waals surface area (Å²) in [7, 11) is 0. The number of alkyl halides is 3. The average molecular weight is 302 g/mol. The molecule has 1 aliphatic heterocycles. The molecule has 1 aromatic rings. The molecule has 1 aromatic carbocycles. The molecule has 0 unspecified atom stereocenters. The number of benzene rings is 1. The first-order valence-corrected chi connectivity index (χ1v) is 7.22. The van der Waals surface area contributed by atoms with Crippen molar-refractivity contribution in [3.8, 4) is 0 Å². The molecule has 0 amide bonds. The molecule has 1 saturated heterocycles. The number of nitrogens with zero attached hydrogens (tertiary/aromatic N) is 1. The van der Waals surface area contributed by atoms with Crippen molar-refractivity contribution in [2.45, 2.75) is 38.6 Å². The molecule has 6 heteroatoms. The summed E-state index contributed by atoms with van der Waals surface area (Å²) < 4.78 is 45.2. The van der Waals surface area contributed by atoms with Gasteiger partial charge in [0.25, 0.3) is 0 Å². The fraction of sp³-hybridized carbons (Fsp3) is 0.600. The van der Waals surface area contributed by atoms with E-state index < -0.39 is 11.7 Å². The van der Waals surface area contributed by atoms with Gasteiger partial charge in [-0.3, -0.25) is 0 Å². The van der Waals surface area contributed by atoms with Gasteiger partial charge in [-0.05, 0) is 37.5 Å². The van der Waals surface area contributed by atoms with Gasteiger partial charge in [-0.25, -0.2) is 0 Å². The van der Waals surface area contributed by atoms with Crippen molar-refractivity contribution < 1.29 is 17.9 Å². The molecule has 0 aromatic heterocycles. The Morgan fingerprint density at radius 2 is 1.95 bits per heavy atom. The maximum atomic E-state index is 13.2. The van der Waals surface area contributed by atoms with Crippen LogP contribution in [0.3, 0.4) is 0 Å². The van der Waals surface area contributed by atoms with E-state index in [1.165, 1.54) is 6.07 Å². The number of anilines is 1. The van der Waals surface area contributed by atoms with Crippen LogP contribution in [-0.4, -0.2) is 25.8 Å². The first kappa shape index (κ1) is 16.1. The third-order valence-corrected chi connectivity index (χ3v) is 3.79. The van der Waals surface area contributed by atoms with Crippen molar-refractivity contribution >= 4 is 5.69 Å². The van der Waals surface area contributed by atoms with Crippen LogP contribution < -0.4 is 10.6 Å². The van der Waals surface area contributed by atoms with E-state index in [0.29, 0.717) is 25.3 Å². The van der Waals surface area contributed by atoms with E-state index in [1.807, 2.05) is 6.92 Å². The van der Waals surface area contributed by atoms with Gasteiger partial charge in [0.05, 0.1) is 11.7 Å². The van der Waals surface area contributed by atoms with E-state index in [-0.39, 0.29) is 18.3 Å². The largest absolute Gasteiger partial charge is 0.418 e. The van der Waals surface area contributed by atoms with Crippen molar-refractivity contribution in [1.29, 1.82) is 0 Å². The maximum absolute atomic E-state index is 13.2. The van der Waals surface area contributed by atoms with Crippen LogP contribution in [-0.2, 0) is 17.5 Å². The Labute approximate surface area is 122 Å². The number of nitrogens with two attached hydrogens (primary N) is 1. The highest BCUT2D eigenvalue weighted by Crippen LogP contribution is 2.38. The van der Waals surface area contributed by atoms with Crippen molar-refractivity contribution in [3.05, 3.63) is 29.3 Å². The molecule has 1 heterocycles. The number of ether oxygens (including phenoxy) is 1. The normalized spacial score (nSPS) is 17.3. The Bertz CT molecular complexity index is 468. The molecule has 3 nitrogen and oxygen atoms in total. The number of hydrogen-bond acceptors (Lipinski definition) is 3. The molecule has 0 spiro atoms. The number of piperidine rings is 1. The summed E-state index contributed by atoms with van der Waals surface area (Å²) in [4.78, 5) is 1.79. The maximum Gasteiger partial charge on any atom is 0.418 e. The van der Waals surface area contributed by atoms with Crippen LogP contribution in [0.2, 0.25) is 0 Å². The second-order valence-electron chi connectivity index (χ2n) is 5.20. The van der Waals surface area contributed by atoms with Crippen LogP contribution in [0.1, 0.15) is 30.9 Å². The molecule has 0 atom stereocenters. The molecule has 118 valence electrons.